The second-order valence-corrected chi connectivity index (χ2v) is 7.58. The average molecular weight is 429 g/mol. The summed E-state index contributed by atoms with van der Waals surface area (Å²) in [6.45, 7) is 0.237. The maximum absolute atomic E-state index is 13.1. The summed E-state index contributed by atoms with van der Waals surface area (Å²) in [5.74, 6) is -0.0165. The second-order valence-electron chi connectivity index (χ2n) is 6.55. The summed E-state index contributed by atoms with van der Waals surface area (Å²) in [4.78, 5) is 17.2. The molecular weight excluding hydrogens is 413 g/mol. The van der Waals surface area contributed by atoms with E-state index in [0.29, 0.717) is 27.1 Å². The number of rotatable bonds is 5. The standard InChI is InChI=1S/C24H16FN3O2S/c25-19-9-11-20(12-10-19)27-24-28-23(29)22(31-24)13-16-5-3-4-8-21(16)30-15-18-7-2-1-6-17(18)14-26/h1-13H,15H2,(H,27,28,29)/b22-13-. The summed E-state index contributed by atoms with van der Waals surface area (Å²) in [6, 6.07) is 22.5. The number of hydrogen-bond acceptors (Lipinski definition) is 5. The highest BCUT2D eigenvalue weighted by Crippen LogP contribution is 2.31. The number of nitrogens with zero attached hydrogens (tertiary/aromatic N) is 2. The third kappa shape index (κ3) is 5.00. The van der Waals surface area contributed by atoms with Crippen molar-refractivity contribution in [1.29, 1.82) is 5.26 Å². The fourth-order valence-electron chi connectivity index (χ4n) is 2.90. The van der Waals surface area contributed by atoms with Gasteiger partial charge in [-0.3, -0.25) is 4.79 Å². The minimum Gasteiger partial charge on any atom is -0.488 e. The predicted octanol–water partition coefficient (Wildman–Crippen LogP) is 5.17. The number of thioether (sulfide) groups is 1. The zero-order valence-corrected chi connectivity index (χ0v) is 17.0. The van der Waals surface area contributed by atoms with Crippen LogP contribution in [-0.4, -0.2) is 11.1 Å². The summed E-state index contributed by atoms with van der Waals surface area (Å²) in [7, 11) is 0. The largest absolute Gasteiger partial charge is 0.488 e. The van der Waals surface area contributed by atoms with E-state index in [1.165, 1.54) is 23.9 Å². The number of ether oxygens (including phenoxy) is 1. The van der Waals surface area contributed by atoms with Gasteiger partial charge in [-0.25, -0.2) is 9.38 Å². The molecule has 1 N–H and O–H groups in total. The molecule has 5 nitrogen and oxygen atoms in total. The first kappa shape index (κ1) is 20.4. The zero-order valence-electron chi connectivity index (χ0n) is 16.2. The molecule has 0 radical (unpaired) electrons. The highest BCUT2D eigenvalue weighted by Gasteiger charge is 2.24. The SMILES string of the molecule is N#Cc1ccccc1COc1ccccc1/C=C1\SC(=Nc2ccc(F)cc2)NC1=O. The van der Waals surface area contributed by atoms with E-state index in [0.717, 1.165) is 11.1 Å². The molecule has 0 aliphatic carbocycles. The van der Waals surface area contributed by atoms with Gasteiger partial charge in [0.25, 0.3) is 5.91 Å². The number of nitriles is 1. The van der Waals surface area contributed by atoms with Crippen molar-refractivity contribution in [2.45, 2.75) is 6.61 Å². The van der Waals surface area contributed by atoms with Crippen LogP contribution in [0.15, 0.2) is 82.7 Å². The molecule has 3 aromatic rings. The van der Waals surface area contributed by atoms with Gasteiger partial charge in [0.2, 0.25) is 0 Å². The van der Waals surface area contributed by atoms with Crippen molar-refractivity contribution in [2.75, 3.05) is 0 Å². The van der Waals surface area contributed by atoms with Crippen LogP contribution in [0.25, 0.3) is 6.08 Å². The molecule has 7 heteroatoms. The van der Waals surface area contributed by atoms with E-state index < -0.39 is 0 Å². The van der Waals surface area contributed by atoms with Crippen LogP contribution in [0.3, 0.4) is 0 Å². The summed E-state index contributed by atoms with van der Waals surface area (Å²) < 4.78 is 19.0. The molecule has 31 heavy (non-hydrogen) atoms. The maximum atomic E-state index is 13.1. The smallest absolute Gasteiger partial charge is 0.264 e. The summed E-state index contributed by atoms with van der Waals surface area (Å²) in [6.07, 6.45) is 1.73. The summed E-state index contributed by atoms with van der Waals surface area (Å²) in [5, 5.41) is 12.4. The van der Waals surface area contributed by atoms with Gasteiger partial charge >= 0.3 is 0 Å². The molecule has 1 amide bonds. The number of benzene rings is 3. The Kier molecular flexibility index (Phi) is 6.11. The third-order valence-corrected chi connectivity index (χ3v) is 5.34. The molecule has 0 spiro atoms. The highest BCUT2D eigenvalue weighted by molar-refractivity contribution is 8.18. The second kappa shape index (κ2) is 9.28. The monoisotopic (exact) mass is 429 g/mol. The van der Waals surface area contributed by atoms with Gasteiger partial charge in [0.1, 0.15) is 18.2 Å². The van der Waals surface area contributed by atoms with Crippen molar-refractivity contribution in [1.82, 2.24) is 5.32 Å². The van der Waals surface area contributed by atoms with Crippen molar-refractivity contribution in [2.24, 2.45) is 4.99 Å². The van der Waals surface area contributed by atoms with Gasteiger partial charge < -0.3 is 10.1 Å². The topological polar surface area (TPSA) is 74.5 Å². The van der Waals surface area contributed by atoms with Crippen molar-refractivity contribution in [3.05, 3.63) is 100 Å². The first-order valence-corrected chi connectivity index (χ1v) is 10.2. The minimum atomic E-state index is -0.346. The number of nitrogens with one attached hydrogen (secondary N) is 1. The Balaban J connectivity index is 1.53. The molecule has 4 rings (SSSR count). The molecule has 1 aliphatic heterocycles. The number of hydrogen-bond donors (Lipinski definition) is 1. The lowest BCUT2D eigenvalue weighted by Crippen LogP contribution is -2.19. The van der Waals surface area contributed by atoms with Gasteiger partial charge in [0.05, 0.1) is 22.2 Å². The van der Waals surface area contributed by atoms with Crippen LogP contribution < -0.4 is 10.1 Å². The maximum Gasteiger partial charge on any atom is 0.264 e. The fourth-order valence-corrected chi connectivity index (χ4v) is 3.73. The van der Waals surface area contributed by atoms with Gasteiger partial charge in [0.15, 0.2) is 5.17 Å². The molecule has 0 aromatic heterocycles. The average Bonchev–Trinajstić information content (AvgIpc) is 3.13. The van der Waals surface area contributed by atoms with Crippen molar-refractivity contribution < 1.29 is 13.9 Å². The van der Waals surface area contributed by atoms with Crippen LogP contribution in [0.1, 0.15) is 16.7 Å². The summed E-state index contributed by atoms with van der Waals surface area (Å²) in [5.41, 5.74) is 2.63. The third-order valence-electron chi connectivity index (χ3n) is 4.43. The number of carbonyl (C=O) groups excluding carboxylic acids is 1. The van der Waals surface area contributed by atoms with Gasteiger partial charge in [-0.05, 0) is 54.2 Å². The molecule has 1 heterocycles. The number of para-hydroxylation sites is 1. The Morgan fingerprint density at radius 2 is 1.81 bits per heavy atom. The number of halogens is 1. The van der Waals surface area contributed by atoms with Gasteiger partial charge in [-0.1, -0.05) is 36.4 Å². The Morgan fingerprint density at radius 3 is 2.61 bits per heavy atom. The van der Waals surface area contributed by atoms with Gasteiger partial charge in [0, 0.05) is 11.1 Å². The number of amides is 1. The van der Waals surface area contributed by atoms with E-state index in [-0.39, 0.29) is 18.3 Å². The molecule has 0 saturated carbocycles. The van der Waals surface area contributed by atoms with Crippen LogP contribution in [0.5, 0.6) is 5.75 Å². The minimum absolute atomic E-state index is 0.237. The van der Waals surface area contributed by atoms with Crippen LogP contribution in [0, 0.1) is 17.1 Å². The first-order valence-electron chi connectivity index (χ1n) is 9.37. The lowest BCUT2D eigenvalue weighted by atomic mass is 10.1. The van der Waals surface area contributed by atoms with Gasteiger partial charge in [-0.2, -0.15) is 5.26 Å². The van der Waals surface area contributed by atoms with E-state index in [9.17, 15) is 14.4 Å². The number of amidine groups is 1. The molecule has 0 unspecified atom stereocenters. The van der Waals surface area contributed by atoms with E-state index in [1.807, 2.05) is 36.4 Å². The molecule has 152 valence electrons. The van der Waals surface area contributed by atoms with Crippen LogP contribution >= 0.6 is 11.8 Å². The molecule has 1 fully saturated rings. The van der Waals surface area contributed by atoms with Gasteiger partial charge in [-0.15, -0.1) is 0 Å². The number of aliphatic imine (C=N–C) groups is 1. The normalized spacial score (nSPS) is 15.7. The van der Waals surface area contributed by atoms with E-state index in [1.54, 1.807) is 30.3 Å². The molecule has 0 atom stereocenters. The van der Waals surface area contributed by atoms with E-state index in [2.05, 4.69) is 16.4 Å². The molecule has 1 saturated heterocycles. The molecule has 1 aliphatic rings. The Morgan fingerprint density at radius 1 is 1.06 bits per heavy atom. The van der Waals surface area contributed by atoms with Crippen LogP contribution in [0.2, 0.25) is 0 Å². The van der Waals surface area contributed by atoms with Crippen LogP contribution in [-0.2, 0) is 11.4 Å². The molecule has 3 aromatic carbocycles. The lowest BCUT2D eigenvalue weighted by molar-refractivity contribution is -0.115. The van der Waals surface area contributed by atoms with E-state index >= 15 is 0 Å². The lowest BCUT2D eigenvalue weighted by Gasteiger charge is -2.10. The van der Waals surface area contributed by atoms with Crippen molar-refractivity contribution in [3.63, 3.8) is 0 Å². The molecule has 0 bridgehead atoms. The quantitative estimate of drug-likeness (QED) is 0.568. The highest BCUT2D eigenvalue weighted by atomic mass is 32.2. The van der Waals surface area contributed by atoms with Crippen LogP contribution in [0.4, 0.5) is 10.1 Å². The first-order chi connectivity index (χ1) is 15.1. The van der Waals surface area contributed by atoms with Crippen molar-refractivity contribution >= 4 is 34.6 Å². The van der Waals surface area contributed by atoms with E-state index in [4.69, 9.17) is 4.74 Å². The van der Waals surface area contributed by atoms with Crippen molar-refractivity contribution in [3.8, 4) is 11.8 Å². The Labute approximate surface area is 182 Å². The predicted molar refractivity (Wildman–Crippen MR) is 119 cm³/mol. The zero-order chi connectivity index (χ0) is 21.6. The Bertz CT molecular complexity index is 1230. The summed E-state index contributed by atoms with van der Waals surface area (Å²) >= 11 is 1.20. The molecular formula is C24H16FN3O2S. The fraction of sp³-hybridized carbons (Fsp3) is 0.0417. The Hall–Kier alpha value is -3.89. The number of carbonyl (C=O) groups is 1.